The summed E-state index contributed by atoms with van der Waals surface area (Å²) in [5.41, 5.74) is -0.366. The van der Waals surface area contributed by atoms with Crippen LogP contribution in [0.15, 0.2) is 0 Å². The minimum Gasteiger partial charge on any atom is -0.354 e. The summed E-state index contributed by atoms with van der Waals surface area (Å²) in [6.07, 6.45) is 1.24. The lowest BCUT2D eigenvalue weighted by atomic mass is 9.96. The van der Waals surface area contributed by atoms with Crippen LogP contribution in [0.3, 0.4) is 0 Å². The van der Waals surface area contributed by atoms with Crippen molar-refractivity contribution in [2.24, 2.45) is 5.41 Å². The van der Waals surface area contributed by atoms with Gasteiger partial charge in [-0.1, -0.05) is 20.8 Å². The van der Waals surface area contributed by atoms with Gasteiger partial charge in [0.25, 0.3) is 0 Å². The van der Waals surface area contributed by atoms with Crippen LogP contribution in [0, 0.1) is 5.41 Å². The van der Waals surface area contributed by atoms with Crippen LogP contribution in [-0.2, 0) is 14.8 Å². The molecule has 0 aliphatic carbocycles. The minimum absolute atomic E-state index is 0. The smallest absolute Gasteiger partial charge is 0.225 e. The Morgan fingerprint density at radius 2 is 1.65 bits per heavy atom. The van der Waals surface area contributed by atoms with Crippen molar-refractivity contribution in [3.05, 3.63) is 0 Å². The summed E-state index contributed by atoms with van der Waals surface area (Å²) < 4.78 is 24.2. The minimum atomic E-state index is -3.07. The number of nitrogens with zero attached hydrogens (tertiary/aromatic N) is 2. The van der Waals surface area contributed by atoms with Crippen LogP contribution >= 0.6 is 12.4 Å². The van der Waals surface area contributed by atoms with Gasteiger partial charge in [0.1, 0.15) is 0 Å². The zero-order chi connectivity index (χ0) is 14.7. The van der Waals surface area contributed by atoms with E-state index in [1.807, 2.05) is 20.8 Å². The van der Waals surface area contributed by atoms with Crippen LogP contribution in [0.4, 0.5) is 0 Å². The molecule has 0 saturated carbocycles. The Hall–Kier alpha value is -0.370. The number of hydrogen-bond donors (Lipinski definition) is 1. The van der Waals surface area contributed by atoms with Gasteiger partial charge in [0.2, 0.25) is 15.9 Å². The molecule has 0 unspecified atom stereocenters. The molecule has 0 aromatic heterocycles. The third-order valence-corrected chi connectivity index (χ3v) is 4.50. The quantitative estimate of drug-likeness (QED) is 0.798. The molecule has 0 aromatic carbocycles. The van der Waals surface area contributed by atoms with Crippen LogP contribution in [0.25, 0.3) is 0 Å². The van der Waals surface area contributed by atoms with E-state index < -0.39 is 10.0 Å². The van der Waals surface area contributed by atoms with Crippen LogP contribution in [0.1, 0.15) is 20.8 Å². The standard InChI is InChI=1S/C12H25N3O3S.ClH/c1-12(2,3)11(16)13-5-6-14-7-9-15(10-8-14)19(4,17)18;/h5-10H2,1-4H3,(H,13,16);1H. The molecular formula is C12H26ClN3O3S. The largest absolute Gasteiger partial charge is 0.354 e. The molecule has 120 valence electrons. The molecule has 1 aliphatic heterocycles. The lowest BCUT2D eigenvalue weighted by Crippen LogP contribution is -2.50. The summed E-state index contributed by atoms with van der Waals surface area (Å²) in [6, 6.07) is 0. The van der Waals surface area contributed by atoms with E-state index in [0.717, 1.165) is 19.6 Å². The highest BCUT2D eigenvalue weighted by molar-refractivity contribution is 7.88. The van der Waals surface area contributed by atoms with Crippen LogP contribution in [-0.4, -0.2) is 69.1 Å². The maximum absolute atomic E-state index is 11.7. The fourth-order valence-electron chi connectivity index (χ4n) is 1.88. The average molecular weight is 328 g/mol. The van der Waals surface area contributed by atoms with Crippen molar-refractivity contribution in [2.75, 3.05) is 45.5 Å². The summed E-state index contributed by atoms with van der Waals surface area (Å²) in [7, 11) is -3.07. The third kappa shape index (κ3) is 6.39. The average Bonchev–Trinajstić information content (AvgIpc) is 2.27. The normalized spacial score (nSPS) is 18.4. The second-order valence-electron chi connectivity index (χ2n) is 6.01. The first-order chi connectivity index (χ1) is 8.60. The predicted octanol–water partition coefficient (Wildman–Crippen LogP) is 0.148. The van der Waals surface area contributed by atoms with Crippen LogP contribution < -0.4 is 5.32 Å². The van der Waals surface area contributed by atoms with E-state index in [1.165, 1.54) is 10.6 Å². The highest BCUT2D eigenvalue weighted by Gasteiger charge is 2.24. The number of nitrogens with one attached hydrogen (secondary N) is 1. The van der Waals surface area contributed by atoms with Gasteiger partial charge in [0.15, 0.2) is 0 Å². The Balaban J connectivity index is 0.00000361. The number of piperazine rings is 1. The number of halogens is 1. The van der Waals surface area contributed by atoms with Crippen molar-refractivity contribution >= 4 is 28.3 Å². The SMILES string of the molecule is CC(C)(C)C(=O)NCCN1CCN(S(C)(=O)=O)CC1.Cl. The van der Waals surface area contributed by atoms with E-state index in [9.17, 15) is 13.2 Å². The van der Waals surface area contributed by atoms with Gasteiger partial charge in [0, 0.05) is 44.7 Å². The number of carbonyl (C=O) groups is 1. The number of carbonyl (C=O) groups excluding carboxylic acids is 1. The zero-order valence-electron chi connectivity index (χ0n) is 12.7. The summed E-state index contributed by atoms with van der Waals surface area (Å²) in [5, 5.41) is 2.90. The van der Waals surface area contributed by atoms with Crippen molar-refractivity contribution in [2.45, 2.75) is 20.8 Å². The Morgan fingerprint density at radius 1 is 1.15 bits per heavy atom. The fourth-order valence-corrected chi connectivity index (χ4v) is 2.70. The van der Waals surface area contributed by atoms with Crippen molar-refractivity contribution in [1.29, 1.82) is 0 Å². The molecule has 20 heavy (non-hydrogen) atoms. The van der Waals surface area contributed by atoms with Crippen LogP contribution in [0.5, 0.6) is 0 Å². The second-order valence-corrected chi connectivity index (χ2v) is 7.99. The lowest BCUT2D eigenvalue weighted by molar-refractivity contribution is -0.128. The molecule has 1 rings (SSSR count). The maximum atomic E-state index is 11.7. The van der Waals surface area contributed by atoms with Crippen LogP contribution in [0.2, 0.25) is 0 Å². The molecule has 1 fully saturated rings. The van der Waals surface area contributed by atoms with Crippen molar-refractivity contribution in [3.63, 3.8) is 0 Å². The second kappa shape index (κ2) is 7.59. The Kier molecular flexibility index (Phi) is 7.44. The lowest BCUT2D eigenvalue weighted by Gasteiger charge is -2.33. The summed E-state index contributed by atoms with van der Waals surface area (Å²) in [4.78, 5) is 13.8. The predicted molar refractivity (Wildman–Crippen MR) is 82.6 cm³/mol. The first-order valence-corrected chi connectivity index (χ1v) is 8.41. The molecule has 1 heterocycles. The van der Waals surface area contributed by atoms with Gasteiger partial charge in [-0.3, -0.25) is 9.69 Å². The van der Waals surface area contributed by atoms with Gasteiger partial charge in [-0.05, 0) is 0 Å². The van der Waals surface area contributed by atoms with E-state index in [1.54, 1.807) is 0 Å². The van der Waals surface area contributed by atoms with Gasteiger partial charge in [-0.15, -0.1) is 12.4 Å². The molecule has 1 amide bonds. The Morgan fingerprint density at radius 3 is 2.05 bits per heavy atom. The number of hydrogen-bond acceptors (Lipinski definition) is 4. The maximum Gasteiger partial charge on any atom is 0.225 e. The molecule has 1 saturated heterocycles. The fraction of sp³-hybridized carbons (Fsp3) is 0.917. The Labute approximate surface area is 128 Å². The van der Waals surface area contributed by atoms with E-state index >= 15 is 0 Å². The van der Waals surface area contributed by atoms with Crippen molar-refractivity contribution in [3.8, 4) is 0 Å². The van der Waals surface area contributed by atoms with E-state index in [2.05, 4.69) is 10.2 Å². The molecule has 0 aromatic rings. The highest BCUT2D eigenvalue weighted by Crippen LogP contribution is 2.12. The molecule has 1 aliphatic rings. The van der Waals surface area contributed by atoms with E-state index in [-0.39, 0.29) is 23.7 Å². The summed E-state index contributed by atoms with van der Waals surface area (Å²) in [6.45, 7) is 9.52. The first-order valence-electron chi connectivity index (χ1n) is 6.56. The molecule has 8 heteroatoms. The molecule has 6 nitrogen and oxygen atoms in total. The zero-order valence-corrected chi connectivity index (χ0v) is 14.3. The number of sulfonamides is 1. The molecule has 0 spiro atoms. The molecule has 0 atom stereocenters. The van der Waals surface area contributed by atoms with Gasteiger partial charge in [-0.2, -0.15) is 4.31 Å². The first kappa shape index (κ1) is 19.6. The Bertz CT molecular complexity index is 412. The van der Waals surface area contributed by atoms with Gasteiger partial charge >= 0.3 is 0 Å². The van der Waals surface area contributed by atoms with Crippen molar-refractivity contribution in [1.82, 2.24) is 14.5 Å². The third-order valence-electron chi connectivity index (χ3n) is 3.20. The summed E-state index contributed by atoms with van der Waals surface area (Å²) >= 11 is 0. The van der Waals surface area contributed by atoms with Gasteiger partial charge in [-0.25, -0.2) is 8.42 Å². The molecule has 0 bridgehead atoms. The molecule has 0 radical (unpaired) electrons. The van der Waals surface area contributed by atoms with Crippen molar-refractivity contribution < 1.29 is 13.2 Å². The van der Waals surface area contributed by atoms with Gasteiger partial charge < -0.3 is 5.32 Å². The van der Waals surface area contributed by atoms with E-state index in [4.69, 9.17) is 0 Å². The van der Waals surface area contributed by atoms with Gasteiger partial charge in [0.05, 0.1) is 6.26 Å². The number of rotatable bonds is 4. The molecule has 1 N–H and O–H groups in total. The van der Waals surface area contributed by atoms with E-state index in [0.29, 0.717) is 19.6 Å². The monoisotopic (exact) mass is 327 g/mol. The number of amides is 1. The molecular weight excluding hydrogens is 302 g/mol. The topological polar surface area (TPSA) is 69.7 Å². The highest BCUT2D eigenvalue weighted by atomic mass is 35.5. The summed E-state index contributed by atoms with van der Waals surface area (Å²) in [5.74, 6) is 0.0438.